The van der Waals surface area contributed by atoms with Crippen molar-refractivity contribution in [2.24, 2.45) is 5.73 Å². The van der Waals surface area contributed by atoms with Gasteiger partial charge in [0.1, 0.15) is 0 Å². The summed E-state index contributed by atoms with van der Waals surface area (Å²) in [5, 5.41) is 2.97. The standard InChI is InChI=1S/C18H29N3O/c19-17(15-16-9-4-3-5-10-16)18(22)20-11-8-14-21-12-6-1-2-7-13-21/h3-5,9-10,17H,1-2,6-8,11-15,19H2,(H,20,22). The Morgan fingerprint density at radius 3 is 2.50 bits per heavy atom. The highest BCUT2D eigenvalue weighted by Crippen LogP contribution is 2.09. The fourth-order valence-electron chi connectivity index (χ4n) is 2.97. The largest absolute Gasteiger partial charge is 0.355 e. The first-order chi connectivity index (χ1) is 10.8. The van der Waals surface area contributed by atoms with E-state index < -0.39 is 6.04 Å². The first kappa shape index (κ1) is 17.0. The van der Waals surface area contributed by atoms with Crippen LogP contribution in [0.1, 0.15) is 37.7 Å². The number of hydrogen-bond acceptors (Lipinski definition) is 3. The van der Waals surface area contributed by atoms with Gasteiger partial charge in [-0.3, -0.25) is 4.79 Å². The summed E-state index contributed by atoms with van der Waals surface area (Å²) >= 11 is 0. The van der Waals surface area contributed by atoms with Crippen LogP contribution in [0.5, 0.6) is 0 Å². The summed E-state index contributed by atoms with van der Waals surface area (Å²) in [5.74, 6) is -0.0419. The SMILES string of the molecule is NC(Cc1ccccc1)C(=O)NCCCN1CCCCCC1. The van der Waals surface area contributed by atoms with E-state index in [2.05, 4.69) is 10.2 Å². The predicted molar refractivity (Wildman–Crippen MR) is 90.7 cm³/mol. The second kappa shape index (κ2) is 9.59. The van der Waals surface area contributed by atoms with Gasteiger partial charge in [0.25, 0.3) is 0 Å². The maximum absolute atomic E-state index is 12.0. The summed E-state index contributed by atoms with van der Waals surface area (Å²) in [4.78, 5) is 14.5. The van der Waals surface area contributed by atoms with Gasteiger partial charge in [-0.15, -0.1) is 0 Å². The molecule has 122 valence electrons. The van der Waals surface area contributed by atoms with Crippen molar-refractivity contribution in [3.63, 3.8) is 0 Å². The van der Waals surface area contributed by atoms with Crippen molar-refractivity contribution in [3.8, 4) is 0 Å². The number of hydrogen-bond donors (Lipinski definition) is 2. The molecule has 0 bridgehead atoms. The van der Waals surface area contributed by atoms with Crippen LogP contribution in [0, 0.1) is 0 Å². The quantitative estimate of drug-likeness (QED) is 0.757. The Balaban J connectivity index is 1.60. The summed E-state index contributed by atoms with van der Waals surface area (Å²) in [6.07, 6.45) is 6.95. The van der Waals surface area contributed by atoms with E-state index >= 15 is 0 Å². The van der Waals surface area contributed by atoms with E-state index in [0.29, 0.717) is 6.42 Å². The lowest BCUT2D eigenvalue weighted by Gasteiger charge is -2.20. The van der Waals surface area contributed by atoms with E-state index in [1.807, 2.05) is 30.3 Å². The van der Waals surface area contributed by atoms with Gasteiger partial charge in [-0.25, -0.2) is 0 Å². The molecule has 4 nitrogen and oxygen atoms in total. The van der Waals surface area contributed by atoms with Gasteiger partial charge < -0.3 is 16.0 Å². The van der Waals surface area contributed by atoms with Crippen molar-refractivity contribution in [2.45, 2.75) is 44.6 Å². The highest BCUT2D eigenvalue weighted by Gasteiger charge is 2.13. The van der Waals surface area contributed by atoms with E-state index in [-0.39, 0.29) is 5.91 Å². The summed E-state index contributed by atoms with van der Waals surface area (Å²) in [5.41, 5.74) is 7.08. The molecule has 1 unspecified atom stereocenters. The minimum absolute atomic E-state index is 0.0419. The van der Waals surface area contributed by atoms with Crippen molar-refractivity contribution in [1.82, 2.24) is 10.2 Å². The first-order valence-corrected chi connectivity index (χ1v) is 8.55. The van der Waals surface area contributed by atoms with Crippen LogP contribution in [0.3, 0.4) is 0 Å². The molecule has 22 heavy (non-hydrogen) atoms. The van der Waals surface area contributed by atoms with E-state index in [0.717, 1.165) is 25.1 Å². The molecular weight excluding hydrogens is 274 g/mol. The molecule has 1 atom stereocenters. The topological polar surface area (TPSA) is 58.4 Å². The van der Waals surface area contributed by atoms with Gasteiger partial charge in [-0.05, 0) is 50.9 Å². The number of nitrogens with zero attached hydrogens (tertiary/aromatic N) is 1. The molecular formula is C18H29N3O. The molecule has 2 rings (SSSR count). The first-order valence-electron chi connectivity index (χ1n) is 8.55. The molecule has 1 aliphatic rings. The van der Waals surface area contributed by atoms with Crippen LogP contribution in [0.2, 0.25) is 0 Å². The third-order valence-corrected chi connectivity index (χ3v) is 4.28. The number of rotatable bonds is 7. The molecule has 1 aromatic carbocycles. The molecule has 0 radical (unpaired) electrons. The molecule has 1 aromatic rings. The average molecular weight is 303 g/mol. The number of likely N-dealkylation sites (tertiary alicyclic amines) is 1. The number of carbonyl (C=O) groups is 1. The monoisotopic (exact) mass is 303 g/mol. The van der Waals surface area contributed by atoms with Crippen molar-refractivity contribution in [1.29, 1.82) is 0 Å². The zero-order valence-electron chi connectivity index (χ0n) is 13.5. The summed E-state index contributed by atoms with van der Waals surface area (Å²) < 4.78 is 0. The molecule has 1 fully saturated rings. The molecule has 3 N–H and O–H groups in total. The Bertz CT molecular complexity index is 427. The maximum atomic E-state index is 12.0. The van der Waals surface area contributed by atoms with Gasteiger partial charge in [-0.2, -0.15) is 0 Å². The Labute approximate surface area is 134 Å². The van der Waals surface area contributed by atoms with Crippen LogP contribution in [-0.4, -0.2) is 43.0 Å². The minimum atomic E-state index is -0.458. The van der Waals surface area contributed by atoms with E-state index in [4.69, 9.17) is 5.73 Å². The predicted octanol–water partition coefficient (Wildman–Crippen LogP) is 1.94. The normalized spacial score (nSPS) is 17.7. The number of benzene rings is 1. The number of nitrogens with one attached hydrogen (secondary N) is 1. The van der Waals surface area contributed by atoms with Crippen LogP contribution in [0.4, 0.5) is 0 Å². The molecule has 1 heterocycles. The Morgan fingerprint density at radius 2 is 1.82 bits per heavy atom. The molecule has 1 saturated heterocycles. The van der Waals surface area contributed by atoms with Crippen LogP contribution < -0.4 is 11.1 Å². The zero-order chi connectivity index (χ0) is 15.6. The third kappa shape index (κ3) is 6.16. The maximum Gasteiger partial charge on any atom is 0.237 e. The van der Waals surface area contributed by atoms with E-state index in [1.54, 1.807) is 0 Å². The lowest BCUT2D eigenvalue weighted by atomic mass is 10.1. The molecule has 0 aliphatic carbocycles. The van der Waals surface area contributed by atoms with Crippen LogP contribution in [0.15, 0.2) is 30.3 Å². The van der Waals surface area contributed by atoms with Crippen LogP contribution in [0.25, 0.3) is 0 Å². The van der Waals surface area contributed by atoms with E-state index in [1.165, 1.54) is 38.8 Å². The zero-order valence-corrected chi connectivity index (χ0v) is 13.5. The highest BCUT2D eigenvalue weighted by atomic mass is 16.2. The second-order valence-corrected chi connectivity index (χ2v) is 6.20. The number of amides is 1. The second-order valence-electron chi connectivity index (χ2n) is 6.20. The molecule has 0 saturated carbocycles. The molecule has 0 spiro atoms. The van der Waals surface area contributed by atoms with Crippen molar-refractivity contribution < 1.29 is 4.79 Å². The van der Waals surface area contributed by atoms with Gasteiger partial charge >= 0.3 is 0 Å². The highest BCUT2D eigenvalue weighted by molar-refractivity contribution is 5.81. The van der Waals surface area contributed by atoms with Gasteiger partial charge in [0.15, 0.2) is 0 Å². The Kier molecular flexibility index (Phi) is 7.40. The molecule has 1 amide bonds. The number of nitrogens with two attached hydrogens (primary N) is 1. The molecule has 4 heteroatoms. The lowest BCUT2D eigenvalue weighted by molar-refractivity contribution is -0.122. The van der Waals surface area contributed by atoms with Gasteiger partial charge in [0.2, 0.25) is 5.91 Å². The smallest absolute Gasteiger partial charge is 0.237 e. The van der Waals surface area contributed by atoms with Gasteiger partial charge in [-0.1, -0.05) is 43.2 Å². The van der Waals surface area contributed by atoms with E-state index in [9.17, 15) is 4.79 Å². The van der Waals surface area contributed by atoms with Crippen molar-refractivity contribution in [3.05, 3.63) is 35.9 Å². The molecule has 1 aliphatic heterocycles. The fourth-order valence-corrected chi connectivity index (χ4v) is 2.97. The van der Waals surface area contributed by atoms with Crippen molar-refractivity contribution >= 4 is 5.91 Å². The summed E-state index contributed by atoms with van der Waals surface area (Å²) in [6.45, 7) is 4.22. The Hall–Kier alpha value is -1.39. The van der Waals surface area contributed by atoms with Gasteiger partial charge in [0, 0.05) is 6.54 Å². The third-order valence-electron chi connectivity index (χ3n) is 4.28. The summed E-state index contributed by atoms with van der Waals surface area (Å²) in [6, 6.07) is 9.47. The van der Waals surface area contributed by atoms with Crippen molar-refractivity contribution in [2.75, 3.05) is 26.2 Å². The lowest BCUT2D eigenvalue weighted by Crippen LogP contribution is -2.42. The summed E-state index contributed by atoms with van der Waals surface area (Å²) in [7, 11) is 0. The van der Waals surface area contributed by atoms with Crippen LogP contribution >= 0.6 is 0 Å². The van der Waals surface area contributed by atoms with Gasteiger partial charge in [0.05, 0.1) is 6.04 Å². The molecule has 0 aromatic heterocycles. The van der Waals surface area contributed by atoms with Crippen LogP contribution in [-0.2, 0) is 11.2 Å². The minimum Gasteiger partial charge on any atom is -0.355 e. The number of carbonyl (C=O) groups excluding carboxylic acids is 1. The average Bonchev–Trinajstić information content (AvgIpc) is 2.81. The Morgan fingerprint density at radius 1 is 1.14 bits per heavy atom. The fraction of sp³-hybridized carbons (Fsp3) is 0.611.